The molecular weight excluding hydrogens is 222 g/mol. The molecule has 3 N–H and O–H groups in total. The molecule has 0 radical (unpaired) electrons. The molecule has 4 nitrogen and oxygen atoms in total. The third kappa shape index (κ3) is 6.44. The summed E-state index contributed by atoms with van der Waals surface area (Å²) in [5.74, 6) is 0. The number of aromatic amines is 3. The highest BCUT2D eigenvalue weighted by Crippen LogP contribution is 1.91. The first kappa shape index (κ1) is 12.1. The molecule has 0 unspecified atom stereocenters. The molecule has 0 aromatic carbocycles. The summed E-state index contributed by atoms with van der Waals surface area (Å²) < 4.78 is 0. The molecule has 5 heteroatoms. The summed E-state index contributed by atoms with van der Waals surface area (Å²) in [6, 6.07) is 9.34. The number of aromatic nitrogens is 3. The molecule has 0 saturated heterocycles. The fourth-order valence-electron chi connectivity index (χ4n) is 0.776. The molecule has 3 heterocycles. The molecule has 0 bridgehead atoms. The summed E-state index contributed by atoms with van der Waals surface area (Å²) in [6.45, 7) is 0. The first-order valence-corrected chi connectivity index (χ1v) is 5.61. The van der Waals surface area contributed by atoms with E-state index in [2.05, 4.69) is 15.2 Å². The lowest BCUT2D eigenvalue weighted by molar-refractivity contribution is 1.06. The van der Waals surface area contributed by atoms with Gasteiger partial charge in [-0.05, 0) is 22.9 Å². The fraction of sp³-hybridized carbons (Fsp3) is 0. The van der Waals surface area contributed by atoms with E-state index in [1.165, 1.54) is 6.07 Å². The molecule has 3 rings (SSSR count). The predicted molar refractivity (Wildman–Crippen MR) is 66.5 cm³/mol. The van der Waals surface area contributed by atoms with Gasteiger partial charge in [0.15, 0.2) is 0 Å². The Kier molecular flexibility index (Phi) is 6.27. The monoisotopic (exact) mass is 235 g/mol. The van der Waals surface area contributed by atoms with Crippen LogP contribution >= 0.6 is 11.3 Å². The van der Waals surface area contributed by atoms with Gasteiger partial charge in [-0.1, -0.05) is 12.1 Å². The lowest BCUT2D eigenvalue weighted by atomic mass is 10.7. The average Bonchev–Trinajstić information content (AvgIpc) is 3.07. The molecule has 0 aliphatic carbocycles. The highest BCUT2D eigenvalue weighted by Gasteiger charge is 1.70. The van der Waals surface area contributed by atoms with Gasteiger partial charge in [-0.2, -0.15) is 11.3 Å². The molecule has 0 fully saturated rings. The standard InChI is InChI=1S/C4H5N.C4H4S.C3H4N2O/c2*1-2-4-5-3-1;6-3-1-2-4-5-3/h1-5H;1-4H;1-2H,(H2,4,5,6). The SMILES string of the molecule is O=c1cc[nH][nH]1.c1cc[nH]c1.c1ccsc1. The second-order valence-corrected chi connectivity index (χ2v) is 3.46. The number of H-pyrrole nitrogens is 3. The predicted octanol–water partition coefficient (Wildman–Crippen LogP) is 2.47. The Morgan fingerprint density at radius 2 is 1.62 bits per heavy atom. The minimum Gasteiger partial charge on any atom is -0.368 e. The number of hydrogen-bond acceptors (Lipinski definition) is 2. The Hall–Kier alpha value is -2.01. The maximum atomic E-state index is 9.98. The van der Waals surface area contributed by atoms with Crippen molar-refractivity contribution in [3.63, 3.8) is 0 Å². The highest BCUT2D eigenvalue weighted by atomic mass is 32.1. The first-order valence-electron chi connectivity index (χ1n) is 4.66. The average molecular weight is 235 g/mol. The summed E-state index contributed by atoms with van der Waals surface area (Å²) in [4.78, 5) is 12.8. The van der Waals surface area contributed by atoms with E-state index in [0.29, 0.717) is 0 Å². The van der Waals surface area contributed by atoms with E-state index in [9.17, 15) is 4.79 Å². The van der Waals surface area contributed by atoms with Gasteiger partial charge in [-0.3, -0.25) is 9.89 Å². The van der Waals surface area contributed by atoms with Crippen LogP contribution in [0.2, 0.25) is 0 Å². The number of hydrogen-bond donors (Lipinski definition) is 3. The molecule has 84 valence electrons. The van der Waals surface area contributed by atoms with Crippen LogP contribution in [0.25, 0.3) is 0 Å². The van der Waals surface area contributed by atoms with Gasteiger partial charge in [0.2, 0.25) is 0 Å². The van der Waals surface area contributed by atoms with Gasteiger partial charge in [0, 0.05) is 24.7 Å². The van der Waals surface area contributed by atoms with Crippen LogP contribution in [0.1, 0.15) is 0 Å². The second-order valence-electron chi connectivity index (χ2n) is 2.64. The number of nitrogens with one attached hydrogen (secondary N) is 3. The minimum atomic E-state index is -0.0880. The van der Waals surface area contributed by atoms with Crippen molar-refractivity contribution in [3.05, 3.63) is 70.0 Å². The van der Waals surface area contributed by atoms with Gasteiger partial charge in [-0.15, -0.1) is 0 Å². The van der Waals surface area contributed by atoms with E-state index in [0.717, 1.165) is 0 Å². The number of thiophene rings is 1. The Morgan fingerprint density at radius 3 is 1.81 bits per heavy atom. The smallest absolute Gasteiger partial charge is 0.263 e. The summed E-state index contributed by atoms with van der Waals surface area (Å²) in [5, 5.41) is 8.89. The molecule has 0 saturated carbocycles. The van der Waals surface area contributed by atoms with Crippen molar-refractivity contribution in [2.24, 2.45) is 0 Å². The van der Waals surface area contributed by atoms with E-state index in [1.807, 2.05) is 47.4 Å². The summed E-state index contributed by atoms with van der Waals surface area (Å²) >= 11 is 1.71. The zero-order chi connectivity index (χ0) is 11.5. The molecule has 3 aromatic heterocycles. The van der Waals surface area contributed by atoms with Crippen molar-refractivity contribution in [2.45, 2.75) is 0 Å². The quantitative estimate of drug-likeness (QED) is 0.550. The maximum Gasteiger partial charge on any atom is 0.263 e. The summed E-state index contributed by atoms with van der Waals surface area (Å²) in [5.41, 5.74) is -0.0880. The fourth-order valence-corrected chi connectivity index (χ4v) is 1.23. The Labute approximate surface area is 97.0 Å². The molecule has 0 atom stereocenters. The van der Waals surface area contributed by atoms with Gasteiger partial charge in [0.05, 0.1) is 0 Å². The van der Waals surface area contributed by atoms with Crippen LogP contribution in [0, 0.1) is 0 Å². The van der Waals surface area contributed by atoms with Crippen molar-refractivity contribution in [1.29, 1.82) is 0 Å². The highest BCUT2D eigenvalue weighted by molar-refractivity contribution is 7.07. The van der Waals surface area contributed by atoms with E-state index < -0.39 is 0 Å². The summed E-state index contributed by atoms with van der Waals surface area (Å²) in [7, 11) is 0. The molecule has 0 amide bonds. The maximum absolute atomic E-state index is 9.98. The Balaban J connectivity index is 0.000000121. The van der Waals surface area contributed by atoms with Crippen molar-refractivity contribution in [2.75, 3.05) is 0 Å². The molecular formula is C11H13N3OS. The van der Waals surface area contributed by atoms with Crippen LogP contribution < -0.4 is 5.56 Å². The van der Waals surface area contributed by atoms with Crippen LogP contribution in [0.5, 0.6) is 0 Å². The van der Waals surface area contributed by atoms with E-state index >= 15 is 0 Å². The van der Waals surface area contributed by atoms with E-state index in [4.69, 9.17) is 0 Å². The topological polar surface area (TPSA) is 64.4 Å². The molecule has 3 aromatic rings. The first-order chi connectivity index (χ1) is 7.89. The van der Waals surface area contributed by atoms with E-state index in [1.54, 1.807) is 17.5 Å². The van der Waals surface area contributed by atoms with Crippen molar-refractivity contribution in [3.8, 4) is 0 Å². The Morgan fingerprint density at radius 1 is 0.938 bits per heavy atom. The third-order valence-corrected chi connectivity index (χ3v) is 2.06. The number of rotatable bonds is 0. The minimum absolute atomic E-state index is 0.0880. The second kappa shape index (κ2) is 8.31. The molecule has 0 aliphatic rings. The third-order valence-electron chi connectivity index (χ3n) is 1.43. The van der Waals surface area contributed by atoms with Crippen LogP contribution in [0.4, 0.5) is 0 Å². The van der Waals surface area contributed by atoms with Gasteiger partial charge < -0.3 is 10.1 Å². The molecule has 0 spiro atoms. The van der Waals surface area contributed by atoms with Crippen molar-refractivity contribution in [1.82, 2.24) is 15.2 Å². The van der Waals surface area contributed by atoms with Crippen LogP contribution in [0.15, 0.2) is 64.5 Å². The summed E-state index contributed by atoms with van der Waals surface area (Å²) in [6.07, 6.45) is 5.29. The van der Waals surface area contributed by atoms with Crippen LogP contribution in [-0.2, 0) is 0 Å². The molecule has 16 heavy (non-hydrogen) atoms. The van der Waals surface area contributed by atoms with E-state index in [-0.39, 0.29) is 5.56 Å². The zero-order valence-corrected chi connectivity index (χ0v) is 9.41. The van der Waals surface area contributed by atoms with Crippen LogP contribution in [-0.4, -0.2) is 15.2 Å². The van der Waals surface area contributed by atoms with Gasteiger partial charge in [0.25, 0.3) is 5.56 Å². The zero-order valence-electron chi connectivity index (χ0n) is 8.59. The van der Waals surface area contributed by atoms with Gasteiger partial charge in [-0.25, -0.2) is 0 Å². The lowest BCUT2D eigenvalue weighted by Gasteiger charge is -1.55. The van der Waals surface area contributed by atoms with Gasteiger partial charge >= 0.3 is 0 Å². The van der Waals surface area contributed by atoms with Gasteiger partial charge in [0.1, 0.15) is 0 Å². The molecule has 0 aliphatic heterocycles. The van der Waals surface area contributed by atoms with Crippen LogP contribution in [0.3, 0.4) is 0 Å². The van der Waals surface area contributed by atoms with Crippen molar-refractivity contribution < 1.29 is 0 Å². The Bertz CT molecular complexity index is 390. The van der Waals surface area contributed by atoms with Crippen molar-refractivity contribution >= 4 is 11.3 Å². The largest absolute Gasteiger partial charge is 0.368 e. The lowest BCUT2D eigenvalue weighted by Crippen LogP contribution is -1.93. The normalized spacial score (nSPS) is 8.25.